The lowest BCUT2D eigenvalue weighted by Gasteiger charge is -2.12. The molecule has 5 heteroatoms. The first-order valence-electron chi connectivity index (χ1n) is 4.88. The fourth-order valence-corrected chi connectivity index (χ4v) is 2.60. The van der Waals surface area contributed by atoms with Gasteiger partial charge in [-0.1, -0.05) is 23.7 Å². The van der Waals surface area contributed by atoms with Crippen LogP contribution in [0.4, 0.5) is 4.39 Å². The van der Waals surface area contributed by atoms with Crippen LogP contribution in [0.3, 0.4) is 0 Å². The number of rotatable bonds is 3. The number of halogens is 2. The number of thiophene rings is 1. The Labute approximate surface area is 107 Å². The van der Waals surface area contributed by atoms with Crippen LogP contribution in [-0.4, -0.2) is 12.2 Å². The zero-order valence-corrected chi connectivity index (χ0v) is 10.6. The Hall–Kier alpha value is -1.10. The van der Waals surface area contributed by atoms with E-state index in [2.05, 4.69) is 0 Å². The van der Waals surface area contributed by atoms with Crippen LogP contribution in [0.2, 0.25) is 5.02 Å². The molecular formula is C12H10ClFO2S. The Morgan fingerprint density at radius 2 is 2.24 bits per heavy atom. The fourth-order valence-electron chi connectivity index (χ4n) is 1.52. The molecule has 0 aliphatic rings. The normalized spacial score (nSPS) is 12.5. The summed E-state index contributed by atoms with van der Waals surface area (Å²) in [5, 5.41) is 12.3. The van der Waals surface area contributed by atoms with Gasteiger partial charge < -0.3 is 9.84 Å². The summed E-state index contributed by atoms with van der Waals surface area (Å²) in [5.41, 5.74) is 0.183. The van der Waals surface area contributed by atoms with E-state index in [1.54, 1.807) is 17.5 Å². The van der Waals surface area contributed by atoms with E-state index in [4.69, 9.17) is 16.3 Å². The zero-order chi connectivity index (χ0) is 12.4. The van der Waals surface area contributed by atoms with Crippen molar-refractivity contribution in [3.63, 3.8) is 0 Å². The molecule has 1 atom stereocenters. The predicted octanol–water partition coefficient (Wildman–Crippen LogP) is 3.63. The lowest BCUT2D eigenvalue weighted by Crippen LogP contribution is -2.02. The number of ether oxygens (including phenoxy) is 1. The number of hydrogen-bond donors (Lipinski definition) is 1. The summed E-state index contributed by atoms with van der Waals surface area (Å²) < 4.78 is 18.8. The average molecular weight is 273 g/mol. The molecule has 1 aromatic carbocycles. The Morgan fingerprint density at radius 3 is 2.82 bits per heavy atom. The molecule has 2 rings (SSSR count). The predicted molar refractivity (Wildman–Crippen MR) is 66.3 cm³/mol. The molecule has 1 aromatic heterocycles. The Balaban J connectivity index is 2.40. The van der Waals surface area contributed by atoms with Crippen molar-refractivity contribution in [3.05, 3.63) is 50.9 Å². The third-order valence-electron chi connectivity index (χ3n) is 2.36. The van der Waals surface area contributed by atoms with Gasteiger partial charge in [-0.2, -0.15) is 0 Å². The first-order chi connectivity index (χ1) is 8.13. The van der Waals surface area contributed by atoms with Gasteiger partial charge in [0, 0.05) is 15.8 Å². The van der Waals surface area contributed by atoms with Crippen molar-refractivity contribution in [2.75, 3.05) is 7.11 Å². The van der Waals surface area contributed by atoms with Crippen molar-refractivity contribution in [2.24, 2.45) is 0 Å². The highest BCUT2D eigenvalue weighted by Crippen LogP contribution is 2.33. The van der Waals surface area contributed by atoms with Gasteiger partial charge >= 0.3 is 0 Å². The number of aliphatic hydroxyl groups is 1. The van der Waals surface area contributed by atoms with E-state index in [1.165, 1.54) is 30.6 Å². The van der Waals surface area contributed by atoms with Gasteiger partial charge in [-0.3, -0.25) is 0 Å². The highest BCUT2D eigenvalue weighted by molar-refractivity contribution is 7.10. The van der Waals surface area contributed by atoms with Gasteiger partial charge in [-0.25, -0.2) is 4.39 Å². The van der Waals surface area contributed by atoms with Gasteiger partial charge in [0.1, 0.15) is 6.10 Å². The quantitative estimate of drug-likeness (QED) is 0.924. The maximum atomic E-state index is 13.9. The first-order valence-corrected chi connectivity index (χ1v) is 6.13. The molecule has 17 heavy (non-hydrogen) atoms. The molecule has 0 bridgehead atoms. The maximum Gasteiger partial charge on any atom is 0.171 e. The molecule has 0 fully saturated rings. The van der Waals surface area contributed by atoms with Crippen LogP contribution in [0, 0.1) is 5.82 Å². The second-order valence-corrected chi connectivity index (χ2v) is 4.81. The number of methoxy groups -OCH3 is 1. The fraction of sp³-hybridized carbons (Fsp3) is 0.167. The van der Waals surface area contributed by atoms with Crippen molar-refractivity contribution in [1.29, 1.82) is 0 Å². The molecular weight excluding hydrogens is 263 g/mol. The number of hydrogen-bond acceptors (Lipinski definition) is 3. The summed E-state index contributed by atoms with van der Waals surface area (Å²) in [6.45, 7) is 0. The van der Waals surface area contributed by atoms with Gasteiger partial charge in [0.15, 0.2) is 11.6 Å². The second kappa shape index (κ2) is 5.04. The molecule has 2 aromatic rings. The highest BCUT2D eigenvalue weighted by Gasteiger charge is 2.19. The largest absolute Gasteiger partial charge is 0.494 e. The van der Waals surface area contributed by atoms with Crippen LogP contribution in [0.5, 0.6) is 5.75 Å². The zero-order valence-electron chi connectivity index (χ0n) is 8.98. The van der Waals surface area contributed by atoms with Crippen LogP contribution in [-0.2, 0) is 0 Å². The van der Waals surface area contributed by atoms with Crippen LogP contribution in [0.1, 0.15) is 16.5 Å². The summed E-state index contributed by atoms with van der Waals surface area (Å²) in [5.74, 6) is -0.434. The smallest absolute Gasteiger partial charge is 0.171 e. The summed E-state index contributed by atoms with van der Waals surface area (Å²) >= 11 is 7.06. The molecule has 1 heterocycles. The molecule has 0 amide bonds. The number of benzene rings is 1. The van der Waals surface area contributed by atoms with Gasteiger partial charge in [0.25, 0.3) is 0 Å². The SMILES string of the molecule is COc1cccc(C(O)c2cc(Cl)cs2)c1F. The van der Waals surface area contributed by atoms with E-state index < -0.39 is 11.9 Å². The molecule has 0 aliphatic carbocycles. The van der Waals surface area contributed by atoms with Crippen molar-refractivity contribution < 1.29 is 14.2 Å². The van der Waals surface area contributed by atoms with Gasteiger partial charge in [-0.05, 0) is 12.1 Å². The van der Waals surface area contributed by atoms with E-state index in [0.29, 0.717) is 9.90 Å². The van der Waals surface area contributed by atoms with Gasteiger partial charge in [0.05, 0.1) is 12.1 Å². The number of aliphatic hydroxyl groups excluding tert-OH is 1. The van der Waals surface area contributed by atoms with E-state index in [0.717, 1.165) is 0 Å². The van der Waals surface area contributed by atoms with E-state index >= 15 is 0 Å². The van der Waals surface area contributed by atoms with Crippen LogP contribution < -0.4 is 4.74 Å². The molecule has 0 aliphatic heterocycles. The summed E-state index contributed by atoms with van der Waals surface area (Å²) in [6.07, 6.45) is -1.03. The van der Waals surface area contributed by atoms with Crippen molar-refractivity contribution >= 4 is 22.9 Å². The second-order valence-electron chi connectivity index (χ2n) is 3.43. The van der Waals surface area contributed by atoms with Gasteiger partial charge in [-0.15, -0.1) is 11.3 Å². The van der Waals surface area contributed by atoms with Crippen molar-refractivity contribution in [2.45, 2.75) is 6.10 Å². The molecule has 0 radical (unpaired) electrons. The standard InChI is InChI=1S/C12H10ClFO2S/c1-16-9-4-2-3-8(11(9)14)12(15)10-5-7(13)6-17-10/h2-6,12,15H,1H3. The monoisotopic (exact) mass is 272 g/mol. The Kier molecular flexibility index (Phi) is 3.66. The first kappa shape index (κ1) is 12.4. The lowest BCUT2D eigenvalue weighted by molar-refractivity contribution is 0.217. The minimum atomic E-state index is -1.03. The summed E-state index contributed by atoms with van der Waals surface area (Å²) in [6, 6.07) is 6.29. The highest BCUT2D eigenvalue weighted by atomic mass is 35.5. The maximum absolute atomic E-state index is 13.9. The van der Waals surface area contributed by atoms with E-state index in [-0.39, 0.29) is 11.3 Å². The van der Waals surface area contributed by atoms with Crippen LogP contribution in [0.15, 0.2) is 29.6 Å². The third-order valence-corrected chi connectivity index (χ3v) is 3.70. The van der Waals surface area contributed by atoms with Crippen molar-refractivity contribution in [1.82, 2.24) is 0 Å². The third kappa shape index (κ3) is 2.44. The van der Waals surface area contributed by atoms with Crippen LogP contribution >= 0.6 is 22.9 Å². The average Bonchev–Trinajstić information content (AvgIpc) is 2.75. The van der Waals surface area contributed by atoms with Gasteiger partial charge in [0.2, 0.25) is 0 Å². The minimum absolute atomic E-state index is 0.115. The van der Waals surface area contributed by atoms with E-state index in [1.807, 2.05) is 0 Å². The molecule has 90 valence electrons. The van der Waals surface area contributed by atoms with Crippen LogP contribution in [0.25, 0.3) is 0 Å². The summed E-state index contributed by atoms with van der Waals surface area (Å²) in [7, 11) is 1.39. The van der Waals surface area contributed by atoms with E-state index in [9.17, 15) is 9.50 Å². The minimum Gasteiger partial charge on any atom is -0.494 e. The molecule has 1 unspecified atom stereocenters. The molecule has 0 spiro atoms. The topological polar surface area (TPSA) is 29.5 Å². The molecule has 2 nitrogen and oxygen atoms in total. The summed E-state index contributed by atoms with van der Waals surface area (Å²) in [4.78, 5) is 0.599. The van der Waals surface area contributed by atoms with Crippen molar-refractivity contribution in [3.8, 4) is 5.75 Å². The Bertz CT molecular complexity index is 527. The lowest BCUT2D eigenvalue weighted by atomic mass is 10.1. The Morgan fingerprint density at radius 1 is 1.47 bits per heavy atom. The molecule has 0 saturated carbocycles. The molecule has 0 saturated heterocycles. The molecule has 1 N–H and O–H groups in total.